The van der Waals surface area contributed by atoms with Crippen LogP contribution >= 0.6 is 11.3 Å². The smallest absolute Gasteiger partial charge is 0.173 e. The Hall–Kier alpha value is -1.24. The van der Waals surface area contributed by atoms with Gasteiger partial charge in [0.25, 0.3) is 0 Å². The van der Waals surface area contributed by atoms with Crippen molar-refractivity contribution in [3.63, 3.8) is 0 Å². The van der Waals surface area contributed by atoms with Crippen molar-refractivity contribution in [1.29, 1.82) is 0 Å². The molecular weight excluding hydrogens is 264 g/mol. The van der Waals surface area contributed by atoms with E-state index in [0.717, 1.165) is 50.4 Å². The zero-order valence-corrected chi connectivity index (χ0v) is 11.6. The fraction of sp³-hybridized carbons (Fsp3) is 0.538. The van der Waals surface area contributed by atoms with Crippen molar-refractivity contribution in [3.05, 3.63) is 22.4 Å². The Labute approximate surface area is 116 Å². The second kappa shape index (κ2) is 8.04. The summed E-state index contributed by atoms with van der Waals surface area (Å²) in [6, 6.07) is 3.74. The predicted octanol–water partition coefficient (Wildman–Crippen LogP) is 1.39. The van der Waals surface area contributed by atoms with Crippen LogP contribution < -0.4 is 0 Å². The molecule has 0 N–H and O–H groups in total. The maximum Gasteiger partial charge on any atom is 0.173 e. The molecule has 2 heterocycles. The Bertz CT molecular complexity index is 400. The fourth-order valence-electron chi connectivity index (χ4n) is 1.84. The summed E-state index contributed by atoms with van der Waals surface area (Å²) in [5.41, 5.74) is 0.362. The van der Waals surface area contributed by atoms with Gasteiger partial charge in [-0.1, -0.05) is 11.2 Å². The van der Waals surface area contributed by atoms with Gasteiger partial charge < -0.3 is 9.57 Å². The zero-order chi connectivity index (χ0) is 13.3. The monoisotopic (exact) mass is 282 g/mol. The number of aldehydes is 1. The molecule has 1 aromatic rings. The van der Waals surface area contributed by atoms with E-state index in [1.165, 1.54) is 11.3 Å². The molecule has 0 aliphatic carbocycles. The highest BCUT2D eigenvalue weighted by atomic mass is 32.1. The van der Waals surface area contributed by atoms with Gasteiger partial charge in [0.2, 0.25) is 0 Å². The van der Waals surface area contributed by atoms with Crippen LogP contribution in [-0.2, 0) is 14.4 Å². The van der Waals surface area contributed by atoms with E-state index in [0.29, 0.717) is 12.3 Å². The van der Waals surface area contributed by atoms with Crippen LogP contribution in [0, 0.1) is 0 Å². The van der Waals surface area contributed by atoms with Crippen LogP contribution in [0.15, 0.2) is 22.7 Å². The molecule has 0 unspecified atom stereocenters. The second-order valence-electron chi connectivity index (χ2n) is 4.21. The first kappa shape index (κ1) is 14.2. The lowest BCUT2D eigenvalue weighted by atomic mass is 10.3. The highest BCUT2D eigenvalue weighted by Gasteiger charge is 2.09. The molecule has 1 aliphatic rings. The minimum atomic E-state index is 0.362. The Morgan fingerprint density at radius 3 is 3.05 bits per heavy atom. The standard InChI is InChI=1S/C13H18N2O3S/c16-11-12(13-3-1-10-19-13)14-18-7-2-4-15-5-8-17-9-6-15/h1,3,10-11H,2,4-9H2/b14-12+. The van der Waals surface area contributed by atoms with Crippen LogP contribution in [0.3, 0.4) is 0 Å². The lowest BCUT2D eigenvalue weighted by Gasteiger charge is -2.26. The van der Waals surface area contributed by atoms with Crippen LogP contribution in [0.2, 0.25) is 0 Å². The van der Waals surface area contributed by atoms with E-state index in [2.05, 4.69) is 10.1 Å². The Kier molecular flexibility index (Phi) is 6.00. The number of carbonyl (C=O) groups is 1. The highest BCUT2D eigenvalue weighted by Crippen LogP contribution is 2.09. The predicted molar refractivity (Wildman–Crippen MR) is 74.7 cm³/mol. The second-order valence-corrected chi connectivity index (χ2v) is 5.16. The summed E-state index contributed by atoms with van der Waals surface area (Å²) in [5, 5.41) is 5.79. The van der Waals surface area contributed by atoms with E-state index >= 15 is 0 Å². The molecule has 104 valence electrons. The van der Waals surface area contributed by atoms with Gasteiger partial charge in [-0.2, -0.15) is 0 Å². The molecule has 0 aromatic carbocycles. The summed E-state index contributed by atoms with van der Waals surface area (Å²) >= 11 is 1.48. The molecule has 0 bridgehead atoms. The Morgan fingerprint density at radius 2 is 2.37 bits per heavy atom. The number of ether oxygens (including phenoxy) is 1. The lowest BCUT2D eigenvalue weighted by Crippen LogP contribution is -2.37. The first-order valence-corrected chi connectivity index (χ1v) is 7.27. The van der Waals surface area contributed by atoms with Crippen molar-refractivity contribution in [2.45, 2.75) is 6.42 Å². The molecule has 1 aromatic heterocycles. The van der Waals surface area contributed by atoms with Gasteiger partial charge in [-0.15, -0.1) is 11.3 Å². The van der Waals surface area contributed by atoms with Gasteiger partial charge in [0, 0.05) is 19.6 Å². The molecule has 2 rings (SSSR count). The summed E-state index contributed by atoms with van der Waals surface area (Å²) in [6.45, 7) is 5.10. The molecule has 0 amide bonds. The molecule has 19 heavy (non-hydrogen) atoms. The third-order valence-electron chi connectivity index (χ3n) is 2.86. The van der Waals surface area contributed by atoms with Gasteiger partial charge in [0.15, 0.2) is 12.0 Å². The molecule has 5 nitrogen and oxygen atoms in total. The SMILES string of the molecule is O=C/C(=N\OCCCN1CCOCC1)c1cccs1. The van der Waals surface area contributed by atoms with Crippen molar-refractivity contribution >= 4 is 23.3 Å². The number of rotatable bonds is 7. The van der Waals surface area contributed by atoms with Gasteiger partial charge in [0.1, 0.15) is 6.61 Å². The molecule has 1 aliphatic heterocycles. The molecule has 1 fully saturated rings. The highest BCUT2D eigenvalue weighted by molar-refractivity contribution is 7.12. The first-order chi connectivity index (χ1) is 9.40. The summed E-state index contributed by atoms with van der Waals surface area (Å²) in [5.74, 6) is 0. The lowest BCUT2D eigenvalue weighted by molar-refractivity contribution is -0.102. The Morgan fingerprint density at radius 1 is 1.53 bits per heavy atom. The maximum atomic E-state index is 10.9. The van der Waals surface area contributed by atoms with E-state index in [1.807, 2.05) is 17.5 Å². The minimum Gasteiger partial charge on any atom is -0.395 e. The molecular formula is C13H18N2O3S. The van der Waals surface area contributed by atoms with Crippen molar-refractivity contribution in [3.8, 4) is 0 Å². The third kappa shape index (κ3) is 4.74. The van der Waals surface area contributed by atoms with E-state index in [9.17, 15) is 4.79 Å². The summed E-state index contributed by atoms with van der Waals surface area (Å²) < 4.78 is 5.28. The summed E-state index contributed by atoms with van der Waals surface area (Å²) in [6.07, 6.45) is 1.63. The minimum absolute atomic E-state index is 0.362. The number of hydrogen-bond donors (Lipinski definition) is 0. The van der Waals surface area contributed by atoms with Gasteiger partial charge in [0.05, 0.1) is 18.1 Å². The van der Waals surface area contributed by atoms with Crippen LogP contribution in [-0.4, -0.2) is 56.4 Å². The Balaban J connectivity index is 1.66. The average molecular weight is 282 g/mol. The van der Waals surface area contributed by atoms with Crippen molar-refractivity contribution in [2.24, 2.45) is 5.16 Å². The third-order valence-corrected chi connectivity index (χ3v) is 3.75. The number of carbonyl (C=O) groups excluding carboxylic acids is 1. The van der Waals surface area contributed by atoms with E-state index in [4.69, 9.17) is 9.57 Å². The van der Waals surface area contributed by atoms with Crippen LogP contribution in [0.25, 0.3) is 0 Å². The largest absolute Gasteiger partial charge is 0.395 e. The fourth-order valence-corrected chi connectivity index (χ4v) is 2.51. The molecule has 0 atom stereocenters. The molecule has 0 saturated carbocycles. The van der Waals surface area contributed by atoms with E-state index in [-0.39, 0.29) is 0 Å². The van der Waals surface area contributed by atoms with Crippen LogP contribution in [0.5, 0.6) is 0 Å². The molecule has 0 spiro atoms. The van der Waals surface area contributed by atoms with Crippen molar-refractivity contribution in [1.82, 2.24) is 4.90 Å². The molecule has 0 radical (unpaired) electrons. The topological polar surface area (TPSA) is 51.1 Å². The quantitative estimate of drug-likeness (QED) is 0.328. The number of oxime groups is 1. The van der Waals surface area contributed by atoms with Crippen molar-refractivity contribution < 1.29 is 14.4 Å². The normalized spacial score (nSPS) is 17.4. The molecule has 6 heteroatoms. The average Bonchev–Trinajstić information content (AvgIpc) is 2.98. The van der Waals surface area contributed by atoms with Crippen LogP contribution in [0.1, 0.15) is 11.3 Å². The number of nitrogens with zero attached hydrogens (tertiary/aromatic N) is 2. The van der Waals surface area contributed by atoms with Crippen LogP contribution in [0.4, 0.5) is 0 Å². The van der Waals surface area contributed by atoms with Crippen molar-refractivity contribution in [2.75, 3.05) is 39.5 Å². The first-order valence-electron chi connectivity index (χ1n) is 6.39. The zero-order valence-electron chi connectivity index (χ0n) is 10.8. The number of thiophene rings is 1. The summed E-state index contributed by atoms with van der Waals surface area (Å²) in [7, 11) is 0. The van der Waals surface area contributed by atoms with Gasteiger partial charge in [-0.05, 0) is 17.9 Å². The summed E-state index contributed by atoms with van der Waals surface area (Å²) in [4.78, 5) is 19.3. The maximum absolute atomic E-state index is 10.9. The number of hydrogen-bond acceptors (Lipinski definition) is 6. The molecule has 1 saturated heterocycles. The van der Waals surface area contributed by atoms with Gasteiger partial charge in [-0.25, -0.2) is 0 Å². The van der Waals surface area contributed by atoms with E-state index < -0.39 is 0 Å². The van der Waals surface area contributed by atoms with Gasteiger partial charge in [-0.3, -0.25) is 9.69 Å². The van der Waals surface area contributed by atoms with E-state index in [1.54, 1.807) is 0 Å². The van der Waals surface area contributed by atoms with Gasteiger partial charge >= 0.3 is 0 Å². The number of morpholine rings is 1.